The summed E-state index contributed by atoms with van der Waals surface area (Å²) in [7, 11) is -2.18. The van der Waals surface area contributed by atoms with E-state index in [1.54, 1.807) is 49.6 Å². The number of hydrogen-bond acceptors (Lipinski definition) is 6. The van der Waals surface area contributed by atoms with Gasteiger partial charge in [-0.15, -0.1) is 0 Å². The first-order valence-electron chi connectivity index (χ1n) is 9.56. The van der Waals surface area contributed by atoms with Crippen LogP contribution >= 0.6 is 11.6 Å². The van der Waals surface area contributed by atoms with Crippen LogP contribution in [0, 0.1) is 0 Å². The van der Waals surface area contributed by atoms with Crippen LogP contribution in [0.1, 0.15) is 11.1 Å². The Labute approximate surface area is 185 Å². The highest BCUT2D eigenvalue weighted by Crippen LogP contribution is 2.26. The lowest BCUT2D eigenvalue weighted by Gasteiger charge is -2.14. The molecular formula is C23H20ClN3O3S. The fourth-order valence-electron chi connectivity index (χ4n) is 3.21. The second-order valence-electron chi connectivity index (χ2n) is 6.92. The number of para-hydroxylation sites is 3. The lowest BCUT2D eigenvalue weighted by molar-refractivity contribution is 0.410. The Morgan fingerprint density at radius 3 is 2.26 bits per heavy atom. The zero-order valence-corrected chi connectivity index (χ0v) is 18.3. The Hall–Kier alpha value is -3.16. The molecule has 4 aromatic rings. The number of nitrogens with zero attached hydrogens (tertiary/aromatic N) is 2. The summed E-state index contributed by atoms with van der Waals surface area (Å²) >= 11 is 5.92. The zero-order valence-electron chi connectivity index (χ0n) is 16.7. The lowest BCUT2D eigenvalue weighted by atomic mass is 10.2. The molecule has 0 aliphatic carbocycles. The van der Waals surface area contributed by atoms with Crippen LogP contribution in [0.5, 0.6) is 5.75 Å². The van der Waals surface area contributed by atoms with Gasteiger partial charge < -0.3 is 10.1 Å². The van der Waals surface area contributed by atoms with Gasteiger partial charge in [-0.25, -0.2) is 18.4 Å². The van der Waals surface area contributed by atoms with E-state index in [0.717, 1.165) is 5.56 Å². The van der Waals surface area contributed by atoms with Gasteiger partial charge in [-0.05, 0) is 35.9 Å². The smallest absolute Gasteiger partial charge is 0.203 e. The van der Waals surface area contributed by atoms with E-state index in [1.807, 2.05) is 30.3 Å². The monoisotopic (exact) mass is 453 g/mol. The molecule has 8 heteroatoms. The molecule has 158 valence electrons. The van der Waals surface area contributed by atoms with Crippen molar-refractivity contribution in [3.05, 3.63) is 88.9 Å². The highest BCUT2D eigenvalue weighted by atomic mass is 35.5. The van der Waals surface area contributed by atoms with E-state index in [9.17, 15) is 8.42 Å². The van der Waals surface area contributed by atoms with E-state index in [1.165, 1.54) is 0 Å². The SMILES string of the molecule is COc1ccccc1CNc1nc2ccccc2nc1S(=O)(=O)Cc1ccc(Cl)cc1. The van der Waals surface area contributed by atoms with E-state index in [4.69, 9.17) is 16.3 Å². The Morgan fingerprint density at radius 2 is 1.55 bits per heavy atom. The Balaban J connectivity index is 1.73. The first-order chi connectivity index (χ1) is 15.0. The van der Waals surface area contributed by atoms with Gasteiger partial charge in [0.15, 0.2) is 10.8 Å². The lowest BCUT2D eigenvalue weighted by Crippen LogP contribution is -2.14. The fraction of sp³-hybridized carbons (Fsp3) is 0.130. The van der Waals surface area contributed by atoms with Crippen molar-refractivity contribution in [1.82, 2.24) is 9.97 Å². The van der Waals surface area contributed by atoms with Crippen molar-refractivity contribution in [3.8, 4) is 5.75 Å². The van der Waals surface area contributed by atoms with E-state index in [0.29, 0.717) is 33.9 Å². The summed E-state index contributed by atoms with van der Waals surface area (Å²) in [5.41, 5.74) is 2.62. The third-order valence-corrected chi connectivity index (χ3v) is 6.58. The van der Waals surface area contributed by atoms with Gasteiger partial charge in [-0.2, -0.15) is 0 Å². The normalized spacial score (nSPS) is 11.4. The molecule has 1 aromatic heterocycles. The number of methoxy groups -OCH3 is 1. The van der Waals surface area contributed by atoms with Gasteiger partial charge in [-0.3, -0.25) is 0 Å². The van der Waals surface area contributed by atoms with Gasteiger partial charge >= 0.3 is 0 Å². The molecule has 0 saturated heterocycles. The van der Waals surface area contributed by atoms with E-state index >= 15 is 0 Å². The maximum atomic E-state index is 13.3. The van der Waals surface area contributed by atoms with Crippen LogP contribution in [0.3, 0.4) is 0 Å². The van der Waals surface area contributed by atoms with Gasteiger partial charge in [0.05, 0.1) is 23.9 Å². The first kappa shape index (κ1) is 21.1. The summed E-state index contributed by atoms with van der Waals surface area (Å²) < 4.78 is 32.0. The number of sulfone groups is 1. The number of anilines is 1. The van der Waals surface area contributed by atoms with Crippen LogP contribution in [0.2, 0.25) is 5.02 Å². The van der Waals surface area contributed by atoms with E-state index < -0.39 is 9.84 Å². The molecule has 31 heavy (non-hydrogen) atoms. The van der Waals surface area contributed by atoms with Gasteiger partial charge in [0.25, 0.3) is 0 Å². The van der Waals surface area contributed by atoms with Crippen LogP contribution < -0.4 is 10.1 Å². The fourth-order valence-corrected chi connectivity index (χ4v) is 4.76. The number of hydrogen-bond donors (Lipinski definition) is 1. The summed E-state index contributed by atoms with van der Waals surface area (Å²) in [4.78, 5) is 9.00. The van der Waals surface area contributed by atoms with Crippen molar-refractivity contribution < 1.29 is 13.2 Å². The first-order valence-corrected chi connectivity index (χ1v) is 11.6. The van der Waals surface area contributed by atoms with Crippen LogP contribution in [0.15, 0.2) is 77.8 Å². The van der Waals surface area contributed by atoms with E-state index in [-0.39, 0.29) is 16.6 Å². The average Bonchev–Trinajstić information content (AvgIpc) is 2.78. The summed E-state index contributed by atoms with van der Waals surface area (Å²) in [6, 6.07) is 21.4. The molecule has 0 radical (unpaired) electrons. The predicted molar refractivity (Wildman–Crippen MR) is 122 cm³/mol. The molecule has 0 aliphatic heterocycles. The molecule has 0 atom stereocenters. The molecule has 0 amide bonds. The van der Waals surface area contributed by atoms with Crippen LogP contribution in [0.4, 0.5) is 5.82 Å². The van der Waals surface area contributed by atoms with Crippen molar-refractivity contribution in [1.29, 1.82) is 0 Å². The molecule has 4 rings (SSSR count). The van der Waals surface area contributed by atoms with Crippen LogP contribution in [-0.2, 0) is 22.1 Å². The average molecular weight is 454 g/mol. The Bertz CT molecular complexity index is 1330. The van der Waals surface area contributed by atoms with Gasteiger partial charge in [-0.1, -0.05) is 54.1 Å². The summed E-state index contributed by atoms with van der Waals surface area (Å²) in [5, 5.41) is 3.60. The minimum atomic E-state index is -3.78. The van der Waals surface area contributed by atoms with E-state index in [2.05, 4.69) is 15.3 Å². The number of fused-ring (bicyclic) bond motifs is 1. The molecule has 0 unspecified atom stereocenters. The quantitative estimate of drug-likeness (QED) is 0.429. The number of nitrogens with one attached hydrogen (secondary N) is 1. The van der Waals surface area contributed by atoms with Crippen molar-refractivity contribution in [2.75, 3.05) is 12.4 Å². The van der Waals surface area contributed by atoms with Crippen molar-refractivity contribution in [2.24, 2.45) is 0 Å². The number of aromatic nitrogens is 2. The Kier molecular flexibility index (Phi) is 6.06. The van der Waals surface area contributed by atoms with Crippen molar-refractivity contribution in [2.45, 2.75) is 17.3 Å². The van der Waals surface area contributed by atoms with Gasteiger partial charge in [0.2, 0.25) is 9.84 Å². The summed E-state index contributed by atoms with van der Waals surface area (Å²) in [6.07, 6.45) is 0. The van der Waals surface area contributed by atoms with Gasteiger partial charge in [0.1, 0.15) is 5.75 Å². The molecule has 0 saturated carbocycles. The molecule has 0 aliphatic rings. The largest absolute Gasteiger partial charge is 0.496 e. The van der Waals surface area contributed by atoms with Gasteiger partial charge in [0, 0.05) is 17.1 Å². The molecule has 1 heterocycles. The third kappa shape index (κ3) is 4.78. The number of rotatable bonds is 7. The minimum Gasteiger partial charge on any atom is -0.496 e. The number of halogens is 1. The maximum absolute atomic E-state index is 13.3. The van der Waals surface area contributed by atoms with Crippen LogP contribution in [-0.4, -0.2) is 25.5 Å². The molecule has 3 aromatic carbocycles. The second kappa shape index (κ2) is 8.91. The Morgan fingerprint density at radius 1 is 0.903 bits per heavy atom. The molecule has 6 nitrogen and oxygen atoms in total. The number of ether oxygens (including phenoxy) is 1. The highest BCUT2D eigenvalue weighted by Gasteiger charge is 2.24. The highest BCUT2D eigenvalue weighted by molar-refractivity contribution is 7.90. The standard InChI is InChI=1S/C23H20ClN3O3S/c1-30-21-9-5-2-6-17(21)14-25-22-23(27-20-8-4-3-7-19(20)26-22)31(28,29)15-16-10-12-18(24)13-11-16/h2-13H,14-15H2,1H3,(H,25,26). The molecule has 0 spiro atoms. The zero-order chi connectivity index (χ0) is 21.8. The maximum Gasteiger partial charge on any atom is 0.203 e. The topological polar surface area (TPSA) is 81.2 Å². The molecule has 1 N–H and O–H groups in total. The summed E-state index contributed by atoms with van der Waals surface area (Å²) in [6.45, 7) is 0.334. The molecular weight excluding hydrogens is 434 g/mol. The van der Waals surface area contributed by atoms with Crippen molar-refractivity contribution in [3.63, 3.8) is 0 Å². The molecule has 0 fully saturated rings. The third-order valence-electron chi connectivity index (χ3n) is 4.74. The second-order valence-corrected chi connectivity index (χ2v) is 9.26. The van der Waals surface area contributed by atoms with Crippen molar-refractivity contribution >= 4 is 38.3 Å². The summed E-state index contributed by atoms with van der Waals surface area (Å²) in [5.74, 6) is 0.702. The van der Waals surface area contributed by atoms with Crippen LogP contribution in [0.25, 0.3) is 11.0 Å². The number of benzene rings is 3. The predicted octanol–water partition coefficient (Wildman–Crippen LogP) is 4.88. The minimum absolute atomic E-state index is 0.0870. The molecule has 0 bridgehead atoms.